The van der Waals surface area contributed by atoms with Gasteiger partial charge in [-0.05, 0) is 54.1 Å². The van der Waals surface area contributed by atoms with Crippen LogP contribution >= 0.6 is 11.3 Å². The minimum atomic E-state index is -1.26. The molecule has 2 heterocycles. The van der Waals surface area contributed by atoms with Gasteiger partial charge in [0.05, 0.1) is 7.11 Å². The molecule has 1 N–H and O–H groups in total. The summed E-state index contributed by atoms with van der Waals surface area (Å²) in [5.41, 5.74) is 0.839. The maximum absolute atomic E-state index is 12.5. The number of benzene rings is 1. The number of carbonyl (C=O) groups excluding carboxylic acids is 1. The molecular weight excluding hydrogens is 402 g/mol. The number of carboxylic acid groups (broad SMARTS) is 1. The molecule has 3 rings (SSSR count). The second-order valence-corrected chi connectivity index (χ2v) is 7.33. The minimum absolute atomic E-state index is 0.208. The highest BCUT2D eigenvalue weighted by Gasteiger charge is 2.25. The Balaban J connectivity index is 1.79. The van der Waals surface area contributed by atoms with Crippen molar-refractivity contribution in [2.45, 2.75) is 0 Å². The van der Waals surface area contributed by atoms with Crippen LogP contribution in [0.3, 0.4) is 0 Å². The molecule has 0 bridgehead atoms. The molecule has 1 aromatic heterocycles. The van der Waals surface area contributed by atoms with Crippen LogP contribution in [0.2, 0.25) is 0 Å². The normalized spacial score (nSPS) is 15.6. The van der Waals surface area contributed by atoms with Gasteiger partial charge >= 0.3 is 5.97 Å². The number of likely N-dealkylation sites (N-methyl/N-ethyl adjacent to an activating group) is 1. The van der Waals surface area contributed by atoms with E-state index in [2.05, 4.69) is 4.99 Å². The van der Waals surface area contributed by atoms with Crippen LogP contribution < -0.4 is 4.74 Å². The molecule has 1 aliphatic rings. The number of rotatable bonds is 6. The molecule has 8 heteroatoms. The monoisotopic (exact) mass is 419 g/mol. The number of ether oxygens (including phenoxy) is 1. The van der Waals surface area contributed by atoms with Crippen molar-refractivity contribution in [2.24, 2.45) is 4.99 Å². The first-order chi connectivity index (χ1) is 14.4. The number of thiophene rings is 1. The lowest BCUT2D eigenvalue weighted by Crippen LogP contribution is -2.26. The number of nitrogens with zero attached hydrogens (tertiary/aromatic N) is 3. The van der Waals surface area contributed by atoms with Crippen LogP contribution in [0, 0.1) is 11.3 Å². The van der Waals surface area contributed by atoms with E-state index in [0.717, 1.165) is 16.2 Å². The second kappa shape index (κ2) is 9.03. The van der Waals surface area contributed by atoms with Crippen molar-refractivity contribution in [3.05, 3.63) is 69.1 Å². The van der Waals surface area contributed by atoms with Crippen molar-refractivity contribution in [1.29, 1.82) is 5.26 Å². The van der Waals surface area contributed by atoms with E-state index in [-0.39, 0.29) is 11.5 Å². The number of carboxylic acids is 1. The highest BCUT2D eigenvalue weighted by molar-refractivity contribution is 7.13. The fraction of sp³-hybridized carbons (Fsp3) is 0.0909. The van der Waals surface area contributed by atoms with Gasteiger partial charge in [0.25, 0.3) is 5.91 Å². The molecule has 1 aliphatic heterocycles. The molecule has 30 heavy (non-hydrogen) atoms. The summed E-state index contributed by atoms with van der Waals surface area (Å²) in [7, 11) is 3.24. The molecule has 0 saturated carbocycles. The maximum atomic E-state index is 12.5. The average molecular weight is 419 g/mol. The Hall–Kier alpha value is -3.96. The average Bonchev–Trinajstić information content (AvgIpc) is 3.30. The number of aliphatic carboxylic acids is 1. The SMILES string of the molecule is COc1ccc(/C=C2N=C(/C=C/c3ccc(/C=C(/C#N)C(=O)O)s3)N(C)C/2=O)cc1. The summed E-state index contributed by atoms with van der Waals surface area (Å²) < 4.78 is 5.13. The quantitative estimate of drug-likeness (QED) is 0.568. The van der Waals surface area contributed by atoms with Crippen LogP contribution in [0.5, 0.6) is 5.75 Å². The first-order valence-electron chi connectivity index (χ1n) is 8.77. The standard InChI is InChI=1S/C22H17N3O4S/c1-25-20(10-9-17-7-8-18(30-17)12-15(13-23)22(27)28)24-19(21(25)26)11-14-3-5-16(29-2)6-4-14/h3-12H,1-2H3,(H,27,28)/b10-9+,15-12-,19-11+. The Bertz CT molecular complexity index is 1150. The Morgan fingerprint density at radius 2 is 1.90 bits per heavy atom. The summed E-state index contributed by atoms with van der Waals surface area (Å²) in [6.45, 7) is 0. The van der Waals surface area contributed by atoms with Crippen LogP contribution in [0.25, 0.3) is 18.2 Å². The zero-order valence-corrected chi connectivity index (χ0v) is 17.0. The maximum Gasteiger partial charge on any atom is 0.346 e. The summed E-state index contributed by atoms with van der Waals surface area (Å²) in [6, 6.07) is 12.5. The van der Waals surface area contributed by atoms with Crippen LogP contribution in [0.1, 0.15) is 15.3 Å². The molecule has 0 aliphatic carbocycles. The van der Waals surface area contributed by atoms with Gasteiger partial charge in [-0.2, -0.15) is 5.26 Å². The van der Waals surface area contributed by atoms with E-state index in [1.807, 2.05) is 24.3 Å². The van der Waals surface area contributed by atoms with Gasteiger partial charge in [-0.1, -0.05) is 12.1 Å². The van der Waals surface area contributed by atoms with Crippen molar-refractivity contribution in [3.63, 3.8) is 0 Å². The number of carbonyl (C=O) groups is 2. The molecule has 0 atom stereocenters. The van der Waals surface area contributed by atoms with E-state index >= 15 is 0 Å². The molecule has 7 nitrogen and oxygen atoms in total. The highest BCUT2D eigenvalue weighted by Crippen LogP contribution is 2.23. The van der Waals surface area contributed by atoms with E-state index in [1.165, 1.54) is 22.3 Å². The van der Waals surface area contributed by atoms with Crippen LogP contribution in [0.4, 0.5) is 0 Å². The molecule has 0 unspecified atom stereocenters. The fourth-order valence-corrected chi connectivity index (χ4v) is 3.46. The van der Waals surface area contributed by atoms with E-state index < -0.39 is 5.97 Å². The summed E-state index contributed by atoms with van der Waals surface area (Å²) in [6.07, 6.45) is 6.54. The van der Waals surface area contributed by atoms with Gasteiger partial charge in [0.15, 0.2) is 0 Å². The summed E-state index contributed by atoms with van der Waals surface area (Å²) in [4.78, 5) is 30.7. The Kier molecular flexibility index (Phi) is 6.25. The molecule has 1 aromatic carbocycles. The van der Waals surface area contributed by atoms with Gasteiger partial charge in [-0.15, -0.1) is 11.3 Å². The van der Waals surface area contributed by atoms with E-state index in [4.69, 9.17) is 15.1 Å². The fourth-order valence-electron chi connectivity index (χ4n) is 2.60. The van der Waals surface area contributed by atoms with Crippen molar-refractivity contribution in [3.8, 4) is 11.8 Å². The molecule has 0 spiro atoms. The molecule has 0 saturated heterocycles. The third-order valence-corrected chi connectivity index (χ3v) is 5.20. The van der Waals surface area contributed by atoms with Gasteiger partial charge in [-0.25, -0.2) is 9.79 Å². The lowest BCUT2D eigenvalue weighted by atomic mass is 10.2. The largest absolute Gasteiger partial charge is 0.497 e. The molecular formula is C22H17N3O4S. The van der Waals surface area contributed by atoms with Gasteiger partial charge in [-0.3, -0.25) is 9.69 Å². The van der Waals surface area contributed by atoms with Gasteiger partial charge in [0.2, 0.25) is 0 Å². The summed E-state index contributed by atoms with van der Waals surface area (Å²) in [5.74, 6) is -0.247. The molecule has 0 radical (unpaired) electrons. The molecule has 150 valence electrons. The number of amides is 1. The molecule has 1 amide bonds. The summed E-state index contributed by atoms with van der Waals surface area (Å²) >= 11 is 1.32. The first kappa shape index (κ1) is 20.8. The van der Waals surface area contributed by atoms with Gasteiger partial charge in [0.1, 0.15) is 28.9 Å². The van der Waals surface area contributed by atoms with Crippen LogP contribution in [0.15, 0.2) is 58.7 Å². The first-order valence-corrected chi connectivity index (χ1v) is 9.58. The number of hydrogen-bond donors (Lipinski definition) is 1. The van der Waals surface area contributed by atoms with E-state index in [1.54, 1.807) is 50.6 Å². The van der Waals surface area contributed by atoms with Crippen LogP contribution in [-0.4, -0.2) is 41.9 Å². The predicted octanol–water partition coefficient (Wildman–Crippen LogP) is 3.67. The van der Waals surface area contributed by atoms with Gasteiger partial charge < -0.3 is 9.84 Å². The zero-order chi connectivity index (χ0) is 21.7. The smallest absolute Gasteiger partial charge is 0.346 e. The Morgan fingerprint density at radius 3 is 2.53 bits per heavy atom. The number of aliphatic imine (C=N–C) groups is 1. The summed E-state index contributed by atoms with van der Waals surface area (Å²) in [5, 5.41) is 17.8. The lowest BCUT2D eigenvalue weighted by molar-refractivity contribution is -0.132. The molecule has 2 aromatic rings. The number of amidine groups is 1. The highest BCUT2D eigenvalue weighted by atomic mass is 32.1. The zero-order valence-electron chi connectivity index (χ0n) is 16.2. The van der Waals surface area contributed by atoms with Gasteiger partial charge in [0, 0.05) is 16.8 Å². The third kappa shape index (κ3) is 4.71. The second-order valence-electron chi connectivity index (χ2n) is 6.19. The Labute approximate surface area is 177 Å². The van der Waals surface area contributed by atoms with E-state index in [0.29, 0.717) is 16.4 Å². The number of methoxy groups -OCH3 is 1. The predicted molar refractivity (Wildman–Crippen MR) is 116 cm³/mol. The Morgan fingerprint density at radius 1 is 1.20 bits per heavy atom. The number of nitriles is 1. The lowest BCUT2D eigenvalue weighted by Gasteiger charge is -2.07. The van der Waals surface area contributed by atoms with E-state index in [9.17, 15) is 9.59 Å². The van der Waals surface area contributed by atoms with Crippen molar-refractivity contribution in [1.82, 2.24) is 4.90 Å². The molecule has 0 fully saturated rings. The van der Waals surface area contributed by atoms with Crippen molar-refractivity contribution < 1.29 is 19.4 Å². The topological polar surface area (TPSA) is 103 Å². The minimum Gasteiger partial charge on any atom is -0.497 e. The van der Waals surface area contributed by atoms with Crippen molar-refractivity contribution in [2.75, 3.05) is 14.2 Å². The van der Waals surface area contributed by atoms with Crippen molar-refractivity contribution >= 4 is 47.3 Å². The third-order valence-electron chi connectivity index (χ3n) is 4.20. The van der Waals surface area contributed by atoms with Crippen LogP contribution in [-0.2, 0) is 9.59 Å². The number of hydrogen-bond acceptors (Lipinski definition) is 6.